The Kier molecular flexibility index (Phi) is 3.48. The lowest BCUT2D eigenvalue weighted by Crippen LogP contribution is -2.40. The largest absolute Gasteiger partial charge is 0.485 e. The average Bonchev–Trinajstić information content (AvgIpc) is 2.06. The van der Waals surface area contributed by atoms with E-state index in [9.17, 15) is 18.0 Å². The third kappa shape index (κ3) is 3.85. The van der Waals surface area contributed by atoms with E-state index in [2.05, 4.69) is 0 Å². The van der Waals surface area contributed by atoms with Crippen molar-refractivity contribution in [1.82, 2.24) is 5.32 Å². The highest BCUT2D eigenvalue weighted by atomic mass is 35.5. The molecule has 16 heavy (non-hydrogen) atoms. The molecule has 1 rings (SSSR count). The van der Waals surface area contributed by atoms with Gasteiger partial charge in [0.05, 0.1) is 10.7 Å². The lowest BCUT2D eigenvalue weighted by Gasteiger charge is -2.11. The van der Waals surface area contributed by atoms with E-state index >= 15 is 0 Å². The number of carbonyl (C=O) groups excluding carboxylic acids is 1. The number of benzene rings is 1. The van der Waals surface area contributed by atoms with Crippen LogP contribution >= 0.6 is 11.6 Å². The molecule has 0 aliphatic rings. The average molecular weight is 254 g/mol. The van der Waals surface area contributed by atoms with E-state index in [1.54, 1.807) is 0 Å². The second kappa shape index (κ2) is 4.48. The second-order valence-electron chi connectivity index (χ2n) is 2.82. The molecule has 0 atom stereocenters. The van der Waals surface area contributed by atoms with Gasteiger partial charge in [0.15, 0.2) is 0 Å². The van der Waals surface area contributed by atoms with Gasteiger partial charge in [-0.05, 0) is 18.2 Å². The molecule has 88 valence electrons. The van der Waals surface area contributed by atoms with Crippen LogP contribution in [-0.4, -0.2) is 12.3 Å². The van der Waals surface area contributed by atoms with Gasteiger partial charge in [0, 0.05) is 5.69 Å². The van der Waals surface area contributed by atoms with Crippen LogP contribution in [0.15, 0.2) is 18.2 Å². The molecule has 0 spiro atoms. The van der Waals surface area contributed by atoms with Crippen molar-refractivity contribution in [3.8, 4) is 0 Å². The normalized spacial score (nSPS) is 11.0. The van der Waals surface area contributed by atoms with Gasteiger partial charge in [0.25, 0.3) is 0 Å². The molecule has 0 aliphatic heterocycles. The Hall–Kier alpha value is -1.63. The monoisotopic (exact) mass is 253 g/mol. The van der Waals surface area contributed by atoms with Crippen molar-refractivity contribution >= 4 is 29.0 Å². The smallest absolute Gasteiger partial charge is 0.399 e. The lowest BCUT2D eigenvalue weighted by molar-refractivity contribution is -0.144. The maximum absolute atomic E-state index is 11.7. The van der Waals surface area contributed by atoms with Crippen LogP contribution in [0.5, 0.6) is 0 Å². The van der Waals surface area contributed by atoms with E-state index < -0.39 is 12.3 Å². The van der Waals surface area contributed by atoms with Crippen LogP contribution in [0, 0.1) is 0 Å². The maximum Gasteiger partial charge on any atom is 0.485 e. The zero-order chi connectivity index (χ0) is 12.3. The number of carbonyl (C=O) groups is 1. The van der Waals surface area contributed by atoms with Gasteiger partial charge in [0.2, 0.25) is 0 Å². The summed E-state index contributed by atoms with van der Waals surface area (Å²) in [4.78, 5) is 10.8. The molecule has 0 aliphatic carbocycles. The minimum atomic E-state index is -4.79. The quantitative estimate of drug-likeness (QED) is 0.532. The molecule has 8 heteroatoms. The fourth-order valence-electron chi connectivity index (χ4n) is 0.915. The number of rotatable bonds is 1. The number of nitrogens with two attached hydrogens (primary N) is 1. The molecule has 1 aromatic carbocycles. The van der Waals surface area contributed by atoms with Gasteiger partial charge in [-0.15, -0.1) is 0 Å². The molecular weight excluding hydrogens is 247 g/mol. The van der Waals surface area contributed by atoms with Crippen LogP contribution in [0.4, 0.5) is 29.3 Å². The summed E-state index contributed by atoms with van der Waals surface area (Å²) >= 11 is 5.64. The predicted molar refractivity (Wildman–Crippen MR) is 54.1 cm³/mol. The van der Waals surface area contributed by atoms with E-state index in [1.165, 1.54) is 18.2 Å². The molecule has 0 unspecified atom stereocenters. The van der Waals surface area contributed by atoms with Crippen molar-refractivity contribution < 1.29 is 18.0 Å². The Morgan fingerprint density at radius 1 is 1.38 bits per heavy atom. The molecule has 2 amide bonds. The number of hydrogen-bond donors (Lipinski definition) is 3. The topological polar surface area (TPSA) is 67.1 Å². The minimum absolute atomic E-state index is 0.0395. The fraction of sp³-hybridized carbons (Fsp3) is 0.125. The molecule has 4 N–H and O–H groups in total. The van der Waals surface area contributed by atoms with Gasteiger partial charge >= 0.3 is 12.3 Å². The van der Waals surface area contributed by atoms with Crippen LogP contribution in [-0.2, 0) is 0 Å². The van der Waals surface area contributed by atoms with Crippen molar-refractivity contribution in [1.29, 1.82) is 0 Å². The first kappa shape index (κ1) is 12.4. The highest BCUT2D eigenvalue weighted by molar-refractivity contribution is 6.34. The summed E-state index contributed by atoms with van der Waals surface area (Å²) in [5, 5.41) is 2.76. The third-order valence-corrected chi connectivity index (χ3v) is 1.81. The van der Waals surface area contributed by atoms with E-state index in [0.29, 0.717) is 5.69 Å². The van der Waals surface area contributed by atoms with Gasteiger partial charge in [-0.3, -0.25) is 0 Å². The van der Waals surface area contributed by atoms with Gasteiger partial charge in [-0.1, -0.05) is 11.6 Å². The number of urea groups is 1. The van der Waals surface area contributed by atoms with Crippen molar-refractivity contribution in [2.45, 2.75) is 6.30 Å². The SMILES string of the molecule is Nc1ccc(NC(=O)NC(F)(F)F)c(Cl)c1. The molecule has 0 fully saturated rings. The van der Waals surface area contributed by atoms with Crippen molar-refractivity contribution in [3.63, 3.8) is 0 Å². The number of anilines is 2. The van der Waals surface area contributed by atoms with Crippen LogP contribution in [0.3, 0.4) is 0 Å². The van der Waals surface area contributed by atoms with Crippen LogP contribution in [0.1, 0.15) is 0 Å². The first-order valence-corrected chi connectivity index (χ1v) is 4.36. The molecule has 1 aromatic rings. The summed E-state index contributed by atoms with van der Waals surface area (Å²) < 4.78 is 35.2. The van der Waals surface area contributed by atoms with Gasteiger partial charge in [-0.25, -0.2) is 10.1 Å². The molecule has 0 saturated carbocycles. The van der Waals surface area contributed by atoms with Gasteiger partial charge in [0.1, 0.15) is 0 Å². The first-order valence-electron chi connectivity index (χ1n) is 3.99. The number of nitrogen functional groups attached to an aromatic ring is 1. The third-order valence-electron chi connectivity index (χ3n) is 1.50. The Morgan fingerprint density at radius 3 is 2.50 bits per heavy atom. The van der Waals surface area contributed by atoms with E-state index in [-0.39, 0.29) is 10.7 Å². The molecule has 0 aromatic heterocycles. The predicted octanol–water partition coefficient (Wildman–Crippen LogP) is 2.56. The van der Waals surface area contributed by atoms with Crippen molar-refractivity contribution in [2.75, 3.05) is 11.1 Å². The summed E-state index contributed by atoms with van der Waals surface area (Å²) in [5.41, 5.74) is 5.75. The molecular formula is C8H7ClF3N3O. The maximum atomic E-state index is 11.7. The summed E-state index contributed by atoms with van der Waals surface area (Å²) in [6.07, 6.45) is -4.79. The van der Waals surface area contributed by atoms with Crippen molar-refractivity contribution in [2.24, 2.45) is 0 Å². The Labute approximate surface area is 93.6 Å². The van der Waals surface area contributed by atoms with Crippen molar-refractivity contribution in [3.05, 3.63) is 23.2 Å². The summed E-state index contributed by atoms with van der Waals surface area (Å²) in [6.45, 7) is 0. The summed E-state index contributed by atoms with van der Waals surface area (Å²) in [5.74, 6) is 0. The highest BCUT2D eigenvalue weighted by Gasteiger charge is 2.30. The highest BCUT2D eigenvalue weighted by Crippen LogP contribution is 2.24. The molecule has 4 nitrogen and oxygen atoms in total. The van der Waals surface area contributed by atoms with Gasteiger partial charge in [-0.2, -0.15) is 13.2 Å². The molecule has 0 radical (unpaired) electrons. The fourth-order valence-corrected chi connectivity index (χ4v) is 1.15. The number of nitrogens with one attached hydrogen (secondary N) is 2. The molecule has 0 bridgehead atoms. The summed E-state index contributed by atoms with van der Waals surface area (Å²) in [7, 11) is 0. The molecule has 0 heterocycles. The van der Waals surface area contributed by atoms with Gasteiger partial charge < -0.3 is 11.1 Å². The standard InChI is InChI=1S/C8H7ClF3N3O/c9-5-3-4(13)1-2-6(5)14-7(16)15-8(10,11)12/h1-3H,13H2,(H2,14,15,16). The second-order valence-corrected chi connectivity index (χ2v) is 3.22. The Morgan fingerprint density at radius 2 is 2.00 bits per heavy atom. The number of alkyl halides is 3. The lowest BCUT2D eigenvalue weighted by atomic mass is 10.3. The Balaban J connectivity index is 2.70. The van der Waals surface area contributed by atoms with E-state index in [1.807, 2.05) is 5.32 Å². The number of hydrogen-bond acceptors (Lipinski definition) is 2. The zero-order valence-corrected chi connectivity index (χ0v) is 8.49. The number of amides is 2. The van der Waals surface area contributed by atoms with Crippen LogP contribution in [0.25, 0.3) is 0 Å². The zero-order valence-electron chi connectivity index (χ0n) is 7.73. The van der Waals surface area contributed by atoms with E-state index in [4.69, 9.17) is 17.3 Å². The number of halogens is 4. The van der Waals surface area contributed by atoms with E-state index in [0.717, 1.165) is 5.32 Å². The van der Waals surface area contributed by atoms with Crippen LogP contribution < -0.4 is 16.4 Å². The first-order chi connectivity index (χ1) is 7.28. The summed E-state index contributed by atoms with van der Waals surface area (Å²) in [6, 6.07) is 2.59. The molecule has 0 saturated heterocycles. The van der Waals surface area contributed by atoms with Crippen LogP contribution in [0.2, 0.25) is 5.02 Å². The minimum Gasteiger partial charge on any atom is -0.399 e. The Bertz CT molecular complexity index is 408.